The highest BCUT2D eigenvalue weighted by atomic mass is 16.2. The van der Waals surface area contributed by atoms with E-state index in [-0.39, 0.29) is 62.0 Å². The van der Waals surface area contributed by atoms with Gasteiger partial charge in [-0.05, 0) is 55.1 Å². The molecule has 1 aliphatic carbocycles. The van der Waals surface area contributed by atoms with Gasteiger partial charge in [0, 0.05) is 25.9 Å². The van der Waals surface area contributed by atoms with E-state index >= 15 is 0 Å². The molecule has 8 amide bonds. The Hall–Kier alpha value is -7.26. The lowest BCUT2D eigenvalue weighted by atomic mass is 10.0. The Morgan fingerprint density at radius 1 is 0.594 bits per heavy atom. The minimum absolute atomic E-state index is 0.00132. The van der Waals surface area contributed by atoms with Crippen LogP contribution in [0.25, 0.3) is 0 Å². The van der Waals surface area contributed by atoms with Crippen molar-refractivity contribution < 1.29 is 38.4 Å². The van der Waals surface area contributed by atoms with Crippen LogP contribution in [0, 0.1) is 17.8 Å². The zero-order chi connectivity index (χ0) is 46.8. The molecule has 22 nitrogen and oxygen atoms in total. The van der Waals surface area contributed by atoms with Crippen molar-refractivity contribution in [1.82, 2.24) is 42.5 Å². The molecular weight excluding hydrogens is 829 g/mol. The minimum atomic E-state index is -1.24. The van der Waals surface area contributed by atoms with Gasteiger partial charge in [0.15, 0.2) is 11.9 Å². The molecule has 346 valence electrons. The molecule has 2 fully saturated rings. The first-order valence-electron chi connectivity index (χ1n) is 21.0. The van der Waals surface area contributed by atoms with Crippen LogP contribution < -0.4 is 65.5 Å². The Morgan fingerprint density at radius 2 is 1.08 bits per heavy atom. The highest BCUT2D eigenvalue weighted by Crippen LogP contribution is 2.44. The molecule has 64 heavy (non-hydrogen) atoms. The van der Waals surface area contributed by atoms with Gasteiger partial charge < -0.3 is 65.5 Å². The minimum Gasteiger partial charge on any atom is -0.370 e. The number of hydrogen-bond acceptors (Lipinski definition) is 10. The third kappa shape index (κ3) is 16.9. The molecule has 0 bridgehead atoms. The van der Waals surface area contributed by atoms with E-state index in [2.05, 4.69) is 52.5 Å². The molecule has 22 heteroatoms. The van der Waals surface area contributed by atoms with E-state index in [0.29, 0.717) is 24.0 Å². The van der Waals surface area contributed by atoms with Crippen LogP contribution in [-0.2, 0) is 51.2 Å². The van der Waals surface area contributed by atoms with Crippen LogP contribution in [0.4, 0.5) is 0 Å². The number of nitrogens with two attached hydrogens (primary N) is 4. The van der Waals surface area contributed by atoms with Gasteiger partial charge >= 0.3 is 0 Å². The largest absolute Gasteiger partial charge is 0.370 e. The Morgan fingerprint density at radius 3 is 1.62 bits per heavy atom. The van der Waals surface area contributed by atoms with Gasteiger partial charge in [-0.15, -0.1) is 0 Å². The van der Waals surface area contributed by atoms with Gasteiger partial charge in [-0.3, -0.25) is 48.3 Å². The lowest BCUT2D eigenvalue weighted by Gasteiger charge is -2.25. The van der Waals surface area contributed by atoms with Gasteiger partial charge in [0.05, 0.1) is 19.6 Å². The molecule has 0 radical (unpaired) electrons. The van der Waals surface area contributed by atoms with Crippen molar-refractivity contribution in [2.75, 3.05) is 32.7 Å². The highest BCUT2D eigenvalue weighted by molar-refractivity contribution is 5.97. The van der Waals surface area contributed by atoms with Crippen LogP contribution in [-0.4, -0.2) is 122 Å². The lowest BCUT2D eigenvalue weighted by molar-refractivity contribution is -0.134. The smallest absolute Gasteiger partial charge is 0.243 e. The summed E-state index contributed by atoms with van der Waals surface area (Å²) in [5.74, 6) is -6.97. The van der Waals surface area contributed by atoms with Gasteiger partial charge in [-0.1, -0.05) is 67.6 Å². The van der Waals surface area contributed by atoms with E-state index in [4.69, 9.17) is 22.9 Å². The fraction of sp³-hybridized carbons (Fsp3) is 0.476. The molecule has 8 atom stereocenters. The average Bonchev–Trinajstić information content (AvgIpc) is 4.03. The molecule has 0 spiro atoms. The van der Waals surface area contributed by atoms with Gasteiger partial charge in [0.25, 0.3) is 0 Å². The molecular formula is C42H60N14O8. The van der Waals surface area contributed by atoms with E-state index in [1.54, 1.807) is 67.6 Å². The van der Waals surface area contributed by atoms with Crippen LogP contribution in [0.1, 0.15) is 44.2 Å². The molecule has 2 aromatic carbocycles. The number of benzene rings is 2. The number of nitrogens with one attached hydrogen (secondary N) is 8. The number of carbonyl (C=O) groups excluding carboxylic acids is 8. The normalized spacial score (nSPS) is 24.9. The second-order valence-corrected chi connectivity index (χ2v) is 16.0. The average molecular weight is 889 g/mol. The molecule has 1 aliphatic heterocycles. The van der Waals surface area contributed by atoms with Crippen LogP contribution in [0.3, 0.4) is 0 Å². The van der Waals surface area contributed by atoms with E-state index in [9.17, 15) is 38.4 Å². The van der Waals surface area contributed by atoms with Crippen LogP contribution in [0.2, 0.25) is 0 Å². The maximum atomic E-state index is 14.0. The molecule has 1 saturated heterocycles. The Labute approximate surface area is 370 Å². The van der Waals surface area contributed by atoms with E-state index in [1.807, 2.05) is 0 Å². The maximum absolute atomic E-state index is 14.0. The van der Waals surface area contributed by atoms with Crippen molar-refractivity contribution in [3.05, 3.63) is 71.8 Å². The SMILES string of the molecule is CC(CN=C(N)N)C[C@H]1NC(=O)CNC(=O)[C@H](Cc2ccccc2)NC(=O)[C@@H](Cc2ccccc2)NC(=O)CNC(=O)[C@H](C)NC(=O)[C@@H]([C@H]2CC2CCN=C(N)N)NC(=O)CNC1=O. The van der Waals surface area contributed by atoms with Crippen LogP contribution in [0.15, 0.2) is 70.6 Å². The van der Waals surface area contributed by atoms with Crippen LogP contribution in [0.5, 0.6) is 0 Å². The van der Waals surface area contributed by atoms with Gasteiger partial charge in [-0.25, -0.2) is 0 Å². The predicted molar refractivity (Wildman–Crippen MR) is 236 cm³/mol. The van der Waals surface area contributed by atoms with Crippen molar-refractivity contribution in [1.29, 1.82) is 0 Å². The second-order valence-electron chi connectivity index (χ2n) is 16.0. The van der Waals surface area contributed by atoms with Crippen molar-refractivity contribution in [2.45, 2.75) is 76.2 Å². The Balaban J connectivity index is 1.62. The summed E-state index contributed by atoms with van der Waals surface area (Å²) in [6.45, 7) is 1.72. The number of aliphatic imine (C=N–C) groups is 2. The van der Waals surface area contributed by atoms with Crippen molar-refractivity contribution in [2.24, 2.45) is 50.7 Å². The summed E-state index contributed by atoms with van der Waals surface area (Å²) in [5, 5.41) is 20.7. The highest BCUT2D eigenvalue weighted by Gasteiger charge is 2.46. The van der Waals surface area contributed by atoms with Crippen molar-refractivity contribution >= 4 is 59.2 Å². The van der Waals surface area contributed by atoms with Crippen LogP contribution >= 0.6 is 0 Å². The van der Waals surface area contributed by atoms with E-state index in [0.717, 1.165) is 0 Å². The van der Waals surface area contributed by atoms with Crippen molar-refractivity contribution in [3.63, 3.8) is 0 Å². The first-order valence-corrected chi connectivity index (χ1v) is 21.0. The van der Waals surface area contributed by atoms with Crippen molar-refractivity contribution in [3.8, 4) is 0 Å². The zero-order valence-electron chi connectivity index (χ0n) is 35.9. The molecule has 2 aliphatic rings. The number of hydrogen-bond donors (Lipinski definition) is 12. The number of guanidine groups is 2. The second kappa shape index (κ2) is 24.4. The zero-order valence-corrected chi connectivity index (χ0v) is 35.9. The Kier molecular flexibility index (Phi) is 18.8. The third-order valence-corrected chi connectivity index (χ3v) is 10.5. The van der Waals surface area contributed by atoms with E-state index < -0.39 is 97.1 Å². The summed E-state index contributed by atoms with van der Waals surface area (Å²) in [6.07, 6.45) is 1.04. The predicted octanol–water partition coefficient (Wildman–Crippen LogP) is -4.12. The van der Waals surface area contributed by atoms with Gasteiger partial charge in [0.2, 0.25) is 47.3 Å². The summed E-state index contributed by atoms with van der Waals surface area (Å²) in [5.41, 5.74) is 23.3. The quantitative estimate of drug-likeness (QED) is 0.0715. The summed E-state index contributed by atoms with van der Waals surface area (Å²) in [7, 11) is 0. The molecule has 0 aromatic heterocycles. The summed E-state index contributed by atoms with van der Waals surface area (Å²) in [4.78, 5) is 116. The molecule has 2 aromatic rings. The molecule has 1 saturated carbocycles. The summed E-state index contributed by atoms with van der Waals surface area (Å²) >= 11 is 0. The topological polar surface area (TPSA) is 362 Å². The number of nitrogens with zero attached hydrogens (tertiary/aromatic N) is 2. The lowest BCUT2D eigenvalue weighted by Crippen LogP contribution is -2.58. The maximum Gasteiger partial charge on any atom is 0.243 e. The van der Waals surface area contributed by atoms with Gasteiger partial charge in [0.1, 0.15) is 30.2 Å². The first-order chi connectivity index (χ1) is 30.5. The van der Waals surface area contributed by atoms with Gasteiger partial charge in [-0.2, -0.15) is 0 Å². The summed E-state index contributed by atoms with van der Waals surface area (Å²) < 4.78 is 0. The molecule has 16 N–H and O–H groups in total. The molecule has 4 rings (SSSR count). The summed E-state index contributed by atoms with van der Waals surface area (Å²) in [6, 6.07) is 11.6. The standard InChI is InChI=1S/C42H60N14O8/c1-23(19-51-42(45)46)15-29-37(61)50-22-34(59)56-35(28-18-27(28)13-14-47-41(43)44)40(64)52-24(2)36(60)48-20-32(57)54-31(17-26-11-7-4-8-12-26)39(63)55-30(16-25-9-5-3-6-10-25)38(62)49-21-33(58)53-29/h3-12,23-24,27-31,35H,13-22H2,1-2H3,(H,48,60)(H,49,62)(H,50,61)(H,52,64)(H,53,58)(H,54,57)(H,55,63)(H,56,59)(H4,43,44,47)(H4,45,46,51)/t23?,24-,27?,28-,29+,30-,31+,35+/m0/s1. The molecule has 2 unspecified atom stereocenters. The number of rotatable bonds is 12. The third-order valence-electron chi connectivity index (χ3n) is 10.5. The first kappa shape index (κ1) is 49.4. The van der Waals surface area contributed by atoms with E-state index in [1.165, 1.54) is 6.92 Å². The number of carbonyl (C=O) groups is 8. The number of amides is 8. The fourth-order valence-electron chi connectivity index (χ4n) is 7.08. The fourth-order valence-corrected chi connectivity index (χ4v) is 7.08. The Bertz CT molecular complexity index is 2030. The molecule has 1 heterocycles. The monoisotopic (exact) mass is 888 g/mol.